The van der Waals surface area contributed by atoms with E-state index in [0.717, 1.165) is 0 Å². The summed E-state index contributed by atoms with van der Waals surface area (Å²) in [4.78, 5) is 21.1. The predicted molar refractivity (Wildman–Crippen MR) is 51.3 cm³/mol. The van der Waals surface area contributed by atoms with Gasteiger partial charge in [0.25, 0.3) is 6.43 Å². The number of halogens is 2. The van der Waals surface area contributed by atoms with E-state index >= 15 is 0 Å². The van der Waals surface area contributed by atoms with Gasteiger partial charge in [-0.15, -0.1) is 0 Å². The van der Waals surface area contributed by atoms with Crippen molar-refractivity contribution in [3.05, 3.63) is 12.7 Å². The summed E-state index contributed by atoms with van der Waals surface area (Å²) in [5.74, 6) is -1.20. The van der Waals surface area contributed by atoms with Crippen LogP contribution in [0.5, 0.6) is 0 Å². The van der Waals surface area contributed by atoms with Crippen LogP contribution in [-0.2, 0) is 9.53 Å². The number of carbonyl (C=O) groups excluding carboxylic acids is 1. The molecule has 92 valence electrons. The highest BCUT2D eigenvalue weighted by molar-refractivity contribution is 5.68. The molecule has 0 bridgehead atoms. The molecule has 0 radical (unpaired) electrons. The Balaban J connectivity index is 4.06. The third kappa shape index (κ3) is 6.74. The summed E-state index contributed by atoms with van der Waals surface area (Å²) < 4.78 is 29.1. The van der Waals surface area contributed by atoms with Crippen molar-refractivity contribution >= 4 is 12.1 Å². The van der Waals surface area contributed by atoms with Crippen LogP contribution in [0.25, 0.3) is 0 Å². The highest BCUT2D eigenvalue weighted by Gasteiger charge is 2.23. The van der Waals surface area contributed by atoms with E-state index in [1.807, 2.05) is 5.32 Å². The van der Waals surface area contributed by atoms with E-state index in [0.29, 0.717) is 0 Å². The number of ether oxygens (including phenoxy) is 1. The number of alkyl halides is 2. The highest BCUT2D eigenvalue weighted by atomic mass is 19.3. The monoisotopic (exact) mass is 237 g/mol. The molecule has 0 heterocycles. The van der Waals surface area contributed by atoms with Crippen LogP contribution in [0.2, 0.25) is 0 Å². The Morgan fingerprint density at radius 2 is 2.12 bits per heavy atom. The Labute approximate surface area is 91.1 Å². The number of alkyl carbamates (subject to hydrolysis) is 1. The van der Waals surface area contributed by atoms with E-state index in [4.69, 9.17) is 5.11 Å². The zero-order chi connectivity index (χ0) is 12.6. The third-order valence-electron chi connectivity index (χ3n) is 1.61. The first kappa shape index (κ1) is 14.3. The minimum Gasteiger partial charge on any atom is -0.481 e. The summed E-state index contributed by atoms with van der Waals surface area (Å²) in [7, 11) is 0. The lowest BCUT2D eigenvalue weighted by molar-refractivity contribution is -0.137. The van der Waals surface area contributed by atoms with Gasteiger partial charge in [0.05, 0.1) is 6.04 Å². The van der Waals surface area contributed by atoms with Gasteiger partial charge in [-0.2, -0.15) is 0 Å². The van der Waals surface area contributed by atoms with Gasteiger partial charge in [-0.1, -0.05) is 12.7 Å². The van der Waals surface area contributed by atoms with E-state index in [9.17, 15) is 18.4 Å². The number of aliphatic carboxylic acids is 1. The number of amides is 1. The van der Waals surface area contributed by atoms with E-state index in [1.54, 1.807) is 0 Å². The van der Waals surface area contributed by atoms with Gasteiger partial charge >= 0.3 is 12.1 Å². The second kappa shape index (κ2) is 7.61. The van der Waals surface area contributed by atoms with Crippen molar-refractivity contribution in [2.24, 2.45) is 0 Å². The summed E-state index contributed by atoms with van der Waals surface area (Å²) in [5.41, 5.74) is 0. The van der Waals surface area contributed by atoms with Crippen LogP contribution in [0.1, 0.15) is 12.8 Å². The molecule has 0 spiro atoms. The molecular formula is C9H13F2NO4. The number of hydrogen-bond donors (Lipinski definition) is 2. The Hall–Kier alpha value is -1.66. The van der Waals surface area contributed by atoms with Gasteiger partial charge in [0.2, 0.25) is 0 Å². The number of carboxylic acid groups (broad SMARTS) is 1. The van der Waals surface area contributed by atoms with Crippen molar-refractivity contribution in [2.75, 3.05) is 6.61 Å². The molecule has 0 rings (SSSR count). The average Bonchev–Trinajstić information content (AvgIpc) is 2.20. The van der Waals surface area contributed by atoms with Crippen LogP contribution >= 0.6 is 0 Å². The van der Waals surface area contributed by atoms with Gasteiger partial charge in [0.1, 0.15) is 6.61 Å². The minimum atomic E-state index is -2.84. The lowest BCUT2D eigenvalue weighted by atomic mass is 10.1. The number of hydrogen-bond acceptors (Lipinski definition) is 3. The molecule has 16 heavy (non-hydrogen) atoms. The number of carboxylic acids is 1. The molecule has 1 amide bonds. The van der Waals surface area contributed by atoms with Crippen LogP contribution < -0.4 is 5.32 Å². The van der Waals surface area contributed by atoms with E-state index in [-0.39, 0.29) is 13.0 Å². The van der Waals surface area contributed by atoms with Gasteiger partial charge < -0.3 is 15.2 Å². The van der Waals surface area contributed by atoms with Crippen LogP contribution in [-0.4, -0.2) is 36.2 Å². The molecular weight excluding hydrogens is 224 g/mol. The predicted octanol–water partition coefficient (Wildman–Crippen LogP) is 1.40. The summed E-state index contributed by atoms with van der Waals surface area (Å²) >= 11 is 0. The van der Waals surface area contributed by atoms with Crippen LogP contribution in [0.15, 0.2) is 12.7 Å². The van der Waals surface area contributed by atoms with Gasteiger partial charge in [-0.05, 0) is 6.42 Å². The molecule has 0 aliphatic rings. The molecule has 0 aromatic heterocycles. The smallest absolute Gasteiger partial charge is 0.407 e. The Kier molecular flexibility index (Phi) is 6.82. The molecule has 1 atom stereocenters. The summed E-state index contributed by atoms with van der Waals surface area (Å²) in [6.45, 7) is 3.18. The average molecular weight is 237 g/mol. The van der Waals surface area contributed by atoms with E-state index < -0.39 is 31.0 Å². The van der Waals surface area contributed by atoms with Crippen molar-refractivity contribution in [1.82, 2.24) is 5.32 Å². The molecule has 0 aliphatic heterocycles. The zero-order valence-corrected chi connectivity index (χ0v) is 8.49. The van der Waals surface area contributed by atoms with E-state index in [2.05, 4.69) is 11.3 Å². The fraction of sp³-hybridized carbons (Fsp3) is 0.556. The van der Waals surface area contributed by atoms with Crippen LogP contribution in [0.3, 0.4) is 0 Å². The number of rotatable bonds is 7. The normalized spacial score (nSPS) is 11.9. The fourth-order valence-electron chi connectivity index (χ4n) is 0.868. The molecule has 2 N–H and O–H groups in total. The van der Waals surface area contributed by atoms with Gasteiger partial charge in [0.15, 0.2) is 0 Å². The second-order valence-corrected chi connectivity index (χ2v) is 2.90. The topological polar surface area (TPSA) is 75.6 Å². The first-order chi connectivity index (χ1) is 7.47. The van der Waals surface area contributed by atoms with Crippen molar-refractivity contribution in [3.63, 3.8) is 0 Å². The maximum atomic E-state index is 12.3. The molecule has 0 aromatic rings. The first-order valence-electron chi connectivity index (χ1n) is 4.51. The lowest BCUT2D eigenvalue weighted by Gasteiger charge is -2.16. The summed E-state index contributed by atoms with van der Waals surface area (Å²) in [6.07, 6.45) is -3.37. The third-order valence-corrected chi connectivity index (χ3v) is 1.61. The van der Waals surface area contributed by atoms with Crippen LogP contribution in [0, 0.1) is 0 Å². The van der Waals surface area contributed by atoms with Gasteiger partial charge in [-0.25, -0.2) is 13.6 Å². The number of carbonyl (C=O) groups is 2. The molecule has 7 heteroatoms. The molecule has 0 aromatic carbocycles. The Morgan fingerprint density at radius 1 is 1.50 bits per heavy atom. The molecule has 0 unspecified atom stereocenters. The van der Waals surface area contributed by atoms with Crippen molar-refractivity contribution in [2.45, 2.75) is 25.3 Å². The van der Waals surface area contributed by atoms with E-state index in [1.165, 1.54) is 6.08 Å². The molecule has 0 aliphatic carbocycles. The maximum Gasteiger partial charge on any atom is 0.407 e. The number of nitrogens with one attached hydrogen (secondary N) is 1. The molecule has 0 saturated heterocycles. The molecule has 0 fully saturated rings. The minimum absolute atomic E-state index is 0.0965. The van der Waals surface area contributed by atoms with Gasteiger partial charge in [-0.3, -0.25) is 4.79 Å². The quantitative estimate of drug-likeness (QED) is 0.656. The lowest BCUT2D eigenvalue weighted by Crippen LogP contribution is -2.40. The van der Waals surface area contributed by atoms with Crippen LogP contribution in [0.4, 0.5) is 13.6 Å². The standard InChI is InChI=1S/C9H13F2NO4/c1-2-5-16-9(15)12-6(8(10)11)3-4-7(13)14/h2,6,8H,1,3-5H2,(H,12,15)(H,13,14)/t6-/m1/s1. The first-order valence-corrected chi connectivity index (χ1v) is 4.51. The molecule has 5 nitrogen and oxygen atoms in total. The molecule has 0 saturated carbocycles. The summed E-state index contributed by atoms with van der Waals surface area (Å²) in [5, 5.41) is 10.2. The zero-order valence-electron chi connectivity index (χ0n) is 8.49. The van der Waals surface area contributed by atoms with Crippen molar-refractivity contribution in [1.29, 1.82) is 0 Å². The van der Waals surface area contributed by atoms with Crippen molar-refractivity contribution < 1.29 is 28.2 Å². The SMILES string of the molecule is C=CCOC(=O)N[C@H](CCC(=O)O)C(F)F. The second-order valence-electron chi connectivity index (χ2n) is 2.90. The Morgan fingerprint density at radius 3 is 2.56 bits per heavy atom. The van der Waals surface area contributed by atoms with Gasteiger partial charge in [0, 0.05) is 6.42 Å². The highest BCUT2D eigenvalue weighted by Crippen LogP contribution is 2.08. The maximum absolute atomic E-state index is 12.3. The largest absolute Gasteiger partial charge is 0.481 e. The summed E-state index contributed by atoms with van der Waals surface area (Å²) in [6, 6.07) is -1.52. The van der Waals surface area contributed by atoms with Crippen molar-refractivity contribution in [3.8, 4) is 0 Å². The Bertz CT molecular complexity index is 258. The fourth-order valence-corrected chi connectivity index (χ4v) is 0.868.